The third-order valence-electron chi connectivity index (χ3n) is 4.96. The van der Waals surface area contributed by atoms with Crippen LogP contribution in [0.25, 0.3) is 0 Å². The number of anilines is 2. The van der Waals surface area contributed by atoms with Crippen molar-refractivity contribution in [2.75, 3.05) is 50.6 Å². The molecule has 1 aliphatic heterocycles. The Morgan fingerprint density at radius 2 is 1.75 bits per heavy atom. The molecule has 0 saturated carbocycles. The van der Waals surface area contributed by atoms with Crippen LogP contribution in [0.2, 0.25) is 0 Å². The molecule has 1 heterocycles. The smallest absolute Gasteiger partial charge is 0.319 e. The number of amides is 2. The van der Waals surface area contributed by atoms with Gasteiger partial charge in [0.2, 0.25) is 0 Å². The van der Waals surface area contributed by atoms with Gasteiger partial charge in [0.25, 0.3) is 0 Å². The van der Waals surface area contributed by atoms with Gasteiger partial charge < -0.3 is 20.3 Å². The van der Waals surface area contributed by atoms with Gasteiger partial charge in [-0.15, -0.1) is 0 Å². The predicted octanol–water partition coefficient (Wildman–Crippen LogP) is 3.21. The van der Waals surface area contributed by atoms with Gasteiger partial charge >= 0.3 is 6.03 Å². The molecule has 3 rings (SSSR count). The fourth-order valence-corrected chi connectivity index (χ4v) is 3.20. The maximum atomic E-state index is 12.2. The first-order chi connectivity index (χ1) is 13.5. The summed E-state index contributed by atoms with van der Waals surface area (Å²) in [6, 6.07) is 14.2. The van der Waals surface area contributed by atoms with Gasteiger partial charge in [0.1, 0.15) is 0 Å². The van der Waals surface area contributed by atoms with Crippen LogP contribution in [0.5, 0.6) is 0 Å². The summed E-state index contributed by atoms with van der Waals surface area (Å²) >= 11 is 0. The van der Waals surface area contributed by atoms with E-state index in [2.05, 4.69) is 45.9 Å². The highest BCUT2D eigenvalue weighted by Crippen LogP contribution is 2.21. The maximum Gasteiger partial charge on any atom is 0.319 e. The second kappa shape index (κ2) is 9.57. The van der Waals surface area contributed by atoms with E-state index in [0.717, 1.165) is 55.3 Å². The topological polar surface area (TPSA) is 56.8 Å². The summed E-state index contributed by atoms with van der Waals surface area (Å²) in [4.78, 5) is 16.7. The number of nitrogens with zero attached hydrogens (tertiary/aromatic N) is 2. The lowest BCUT2D eigenvalue weighted by Crippen LogP contribution is -2.35. The molecule has 0 radical (unpaired) electrons. The minimum absolute atomic E-state index is 0.196. The lowest BCUT2D eigenvalue weighted by molar-refractivity contribution is 0.0342. The van der Waals surface area contributed by atoms with Gasteiger partial charge in [0.05, 0.1) is 13.2 Å². The Labute approximate surface area is 167 Å². The van der Waals surface area contributed by atoms with E-state index in [1.165, 1.54) is 5.56 Å². The molecule has 0 spiro atoms. The zero-order valence-electron chi connectivity index (χ0n) is 17.0. The summed E-state index contributed by atoms with van der Waals surface area (Å²) in [5.41, 5.74) is 5.34. The number of benzene rings is 2. The summed E-state index contributed by atoms with van der Waals surface area (Å²) in [6.07, 6.45) is 0. The lowest BCUT2D eigenvalue weighted by Gasteiger charge is -2.26. The number of carbonyl (C=O) groups is 1. The summed E-state index contributed by atoms with van der Waals surface area (Å²) < 4.78 is 5.39. The van der Waals surface area contributed by atoms with Gasteiger partial charge in [0, 0.05) is 51.6 Å². The van der Waals surface area contributed by atoms with E-state index in [0.29, 0.717) is 6.54 Å². The van der Waals surface area contributed by atoms with Gasteiger partial charge in [0.15, 0.2) is 0 Å². The van der Waals surface area contributed by atoms with Crippen molar-refractivity contribution in [1.82, 2.24) is 10.2 Å². The third-order valence-corrected chi connectivity index (χ3v) is 4.96. The normalized spacial score (nSPS) is 14.5. The molecule has 0 aliphatic carbocycles. The molecule has 0 atom stereocenters. The van der Waals surface area contributed by atoms with E-state index >= 15 is 0 Å². The number of urea groups is 1. The average Bonchev–Trinajstić information content (AvgIpc) is 2.69. The molecule has 2 N–H and O–H groups in total. The first-order valence-electron chi connectivity index (χ1n) is 9.72. The predicted molar refractivity (Wildman–Crippen MR) is 114 cm³/mol. The van der Waals surface area contributed by atoms with Crippen LogP contribution in [0.3, 0.4) is 0 Å². The van der Waals surface area contributed by atoms with Crippen LogP contribution < -0.4 is 15.5 Å². The molecule has 0 unspecified atom stereocenters. The van der Waals surface area contributed by atoms with Crippen molar-refractivity contribution < 1.29 is 9.53 Å². The van der Waals surface area contributed by atoms with E-state index in [1.54, 1.807) is 0 Å². The molecular weight excluding hydrogens is 352 g/mol. The highest BCUT2D eigenvalue weighted by molar-refractivity contribution is 5.90. The zero-order chi connectivity index (χ0) is 19.9. The van der Waals surface area contributed by atoms with Crippen molar-refractivity contribution in [3.05, 3.63) is 59.2 Å². The fourth-order valence-electron chi connectivity index (χ4n) is 3.20. The van der Waals surface area contributed by atoms with Crippen LogP contribution >= 0.6 is 0 Å². The van der Waals surface area contributed by atoms with Crippen molar-refractivity contribution in [3.63, 3.8) is 0 Å². The van der Waals surface area contributed by atoms with Crippen LogP contribution in [-0.2, 0) is 17.8 Å². The van der Waals surface area contributed by atoms with Crippen LogP contribution in [0, 0.1) is 6.92 Å². The third kappa shape index (κ3) is 5.71. The number of nitrogens with one attached hydrogen (secondary N) is 2. The van der Waals surface area contributed by atoms with E-state index in [1.807, 2.05) is 38.1 Å². The molecule has 28 heavy (non-hydrogen) atoms. The number of morpholine rings is 1. The quantitative estimate of drug-likeness (QED) is 0.806. The SMILES string of the molecule is Cc1cc(N(C)C)ccc1NC(=O)NCc1ccc(CN2CCOCC2)cc1. The van der Waals surface area contributed by atoms with Crippen LogP contribution in [0.4, 0.5) is 16.2 Å². The fraction of sp³-hybridized carbons (Fsp3) is 0.409. The Morgan fingerprint density at radius 3 is 2.39 bits per heavy atom. The Balaban J connectivity index is 1.47. The van der Waals surface area contributed by atoms with E-state index in [-0.39, 0.29) is 6.03 Å². The summed E-state index contributed by atoms with van der Waals surface area (Å²) in [6.45, 7) is 7.04. The van der Waals surface area contributed by atoms with Crippen molar-refractivity contribution in [2.45, 2.75) is 20.0 Å². The molecule has 1 saturated heterocycles. The monoisotopic (exact) mass is 382 g/mol. The minimum atomic E-state index is -0.196. The Kier molecular flexibility index (Phi) is 6.90. The number of hydrogen-bond acceptors (Lipinski definition) is 4. The summed E-state index contributed by atoms with van der Waals surface area (Å²) in [7, 11) is 4.00. The second-order valence-electron chi connectivity index (χ2n) is 7.41. The van der Waals surface area contributed by atoms with E-state index in [9.17, 15) is 4.79 Å². The highest BCUT2D eigenvalue weighted by Gasteiger charge is 2.10. The Morgan fingerprint density at radius 1 is 1.07 bits per heavy atom. The molecular formula is C22H30N4O2. The van der Waals surface area contributed by atoms with Gasteiger partial charge in [-0.25, -0.2) is 4.79 Å². The maximum absolute atomic E-state index is 12.2. The average molecular weight is 383 g/mol. The highest BCUT2D eigenvalue weighted by atomic mass is 16.5. The lowest BCUT2D eigenvalue weighted by atomic mass is 10.1. The largest absolute Gasteiger partial charge is 0.379 e. The molecule has 6 nitrogen and oxygen atoms in total. The number of aryl methyl sites for hydroxylation is 1. The van der Waals surface area contributed by atoms with Crippen molar-refractivity contribution in [3.8, 4) is 0 Å². The zero-order valence-corrected chi connectivity index (χ0v) is 17.0. The summed E-state index contributed by atoms with van der Waals surface area (Å²) in [5.74, 6) is 0. The van der Waals surface area contributed by atoms with Gasteiger partial charge in [-0.1, -0.05) is 24.3 Å². The van der Waals surface area contributed by atoms with Crippen LogP contribution in [0.1, 0.15) is 16.7 Å². The van der Waals surface area contributed by atoms with Gasteiger partial charge in [-0.05, 0) is 41.8 Å². The number of hydrogen-bond donors (Lipinski definition) is 2. The number of carbonyl (C=O) groups excluding carboxylic acids is 1. The van der Waals surface area contributed by atoms with Crippen LogP contribution in [0.15, 0.2) is 42.5 Å². The molecule has 0 bridgehead atoms. The Bertz CT molecular complexity index is 784. The molecule has 2 amide bonds. The number of rotatable bonds is 6. The standard InChI is InChI=1S/C22H30N4O2/c1-17-14-20(25(2)3)8-9-21(17)24-22(27)23-15-18-4-6-19(7-5-18)16-26-10-12-28-13-11-26/h4-9,14H,10-13,15-16H2,1-3H3,(H2,23,24,27). The molecule has 2 aromatic rings. The molecule has 2 aromatic carbocycles. The molecule has 6 heteroatoms. The first kappa shape index (κ1) is 20.2. The van der Waals surface area contributed by atoms with Crippen molar-refractivity contribution >= 4 is 17.4 Å². The second-order valence-corrected chi connectivity index (χ2v) is 7.41. The molecule has 1 aliphatic rings. The minimum Gasteiger partial charge on any atom is -0.379 e. The first-order valence-corrected chi connectivity index (χ1v) is 9.72. The van der Waals surface area contributed by atoms with Gasteiger partial charge in [-0.2, -0.15) is 0 Å². The van der Waals surface area contributed by atoms with Crippen molar-refractivity contribution in [2.24, 2.45) is 0 Å². The molecule has 1 fully saturated rings. The van der Waals surface area contributed by atoms with E-state index < -0.39 is 0 Å². The van der Waals surface area contributed by atoms with Crippen LogP contribution in [-0.4, -0.2) is 51.3 Å². The molecule has 150 valence electrons. The Hall–Kier alpha value is -2.57. The number of ether oxygens (including phenoxy) is 1. The molecule has 0 aromatic heterocycles. The van der Waals surface area contributed by atoms with E-state index in [4.69, 9.17) is 4.74 Å². The summed E-state index contributed by atoms with van der Waals surface area (Å²) in [5, 5.41) is 5.85. The van der Waals surface area contributed by atoms with Gasteiger partial charge in [-0.3, -0.25) is 4.90 Å². The van der Waals surface area contributed by atoms with Crippen molar-refractivity contribution in [1.29, 1.82) is 0 Å².